The third-order valence-corrected chi connectivity index (χ3v) is 6.65. The first kappa shape index (κ1) is 19.8. The lowest BCUT2D eigenvalue weighted by atomic mass is 9.99. The fraction of sp³-hybridized carbons (Fsp3) is 0.368. The third kappa shape index (κ3) is 5.51. The van der Waals surface area contributed by atoms with Gasteiger partial charge < -0.3 is 5.32 Å². The Balaban J connectivity index is 1.60. The van der Waals surface area contributed by atoms with Crippen LogP contribution in [0.25, 0.3) is 0 Å². The van der Waals surface area contributed by atoms with Crippen molar-refractivity contribution in [2.45, 2.75) is 25.1 Å². The molecule has 1 aliphatic heterocycles. The van der Waals surface area contributed by atoms with Gasteiger partial charge in [-0.05, 0) is 48.2 Å². The van der Waals surface area contributed by atoms with Crippen molar-refractivity contribution >= 4 is 27.5 Å². The van der Waals surface area contributed by atoms with E-state index in [1.165, 1.54) is 4.31 Å². The van der Waals surface area contributed by atoms with Crippen molar-refractivity contribution in [2.75, 3.05) is 13.1 Å². The van der Waals surface area contributed by atoms with Gasteiger partial charge in [-0.1, -0.05) is 23.7 Å². The normalized spacial score (nSPS) is 18.2. The maximum absolute atomic E-state index is 12.8. The highest BCUT2D eigenvalue weighted by atomic mass is 35.5. The minimum atomic E-state index is -3.50. The Kier molecular flexibility index (Phi) is 6.46. The number of halogens is 1. The van der Waals surface area contributed by atoms with E-state index < -0.39 is 10.0 Å². The molecule has 0 spiro atoms. The van der Waals surface area contributed by atoms with E-state index in [0.717, 1.165) is 5.56 Å². The van der Waals surface area contributed by atoms with Crippen LogP contribution < -0.4 is 5.32 Å². The predicted molar refractivity (Wildman–Crippen MR) is 104 cm³/mol. The van der Waals surface area contributed by atoms with E-state index in [2.05, 4.69) is 10.3 Å². The molecule has 1 N–H and O–H groups in total. The number of benzene rings is 1. The first-order valence-corrected chi connectivity index (χ1v) is 10.8. The summed E-state index contributed by atoms with van der Waals surface area (Å²) in [5.41, 5.74) is 1.60. The number of nitrogens with zero attached hydrogens (tertiary/aromatic N) is 2. The number of rotatable bonds is 6. The Labute approximate surface area is 164 Å². The van der Waals surface area contributed by atoms with Gasteiger partial charge in [0.25, 0.3) is 0 Å². The minimum absolute atomic E-state index is 0.112. The summed E-state index contributed by atoms with van der Waals surface area (Å²) >= 11 is 5.94. The molecule has 2 heterocycles. The van der Waals surface area contributed by atoms with Crippen LogP contribution >= 0.6 is 11.6 Å². The van der Waals surface area contributed by atoms with Gasteiger partial charge in [0, 0.05) is 37.1 Å². The molecule has 27 heavy (non-hydrogen) atoms. The summed E-state index contributed by atoms with van der Waals surface area (Å²) in [4.78, 5) is 16.4. The average molecular weight is 408 g/mol. The molecule has 0 saturated carbocycles. The maximum Gasteiger partial charge on any atom is 0.224 e. The first-order valence-electron chi connectivity index (χ1n) is 8.83. The van der Waals surface area contributed by atoms with Crippen molar-refractivity contribution in [3.63, 3.8) is 0 Å². The van der Waals surface area contributed by atoms with Crippen molar-refractivity contribution in [3.8, 4) is 0 Å². The molecule has 1 saturated heterocycles. The van der Waals surface area contributed by atoms with E-state index in [1.807, 2.05) is 12.1 Å². The van der Waals surface area contributed by atoms with Crippen LogP contribution in [-0.4, -0.2) is 36.7 Å². The Bertz CT molecular complexity index is 890. The van der Waals surface area contributed by atoms with Crippen LogP contribution in [0.2, 0.25) is 5.02 Å². The molecule has 1 aromatic heterocycles. The monoisotopic (exact) mass is 407 g/mol. The maximum atomic E-state index is 12.8. The lowest BCUT2D eigenvalue weighted by molar-refractivity contribution is -0.126. The lowest BCUT2D eigenvalue weighted by Gasteiger charge is -2.31. The van der Waals surface area contributed by atoms with E-state index in [1.54, 1.807) is 36.7 Å². The number of carbonyl (C=O) groups excluding carboxylic acids is 1. The zero-order valence-corrected chi connectivity index (χ0v) is 16.4. The SMILES string of the molecule is O=C(NCc1ccncc1)C1CCCN(S(=O)(=O)Cc2cccc(Cl)c2)C1. The Hall–Kier alpha value is -1.96. The topological polar surface area (TPSA) is 79.4 Å². The Morgan fingerprint density at radius 1 is 1.22 bits per heavy atom. The number of sulfonamides is 1. The highest BCUT2D eigenvalue weighted by Gasteiger charge is 2.32. The van der Waals surface area contributed by atoms with Gasteiger partial charge in [-0.2, -0.15) is 0 Å². The number of nitrogens with one attached hydrogen (secondary N) is 1. The quantitative estimate of drug-likeness (QED) is 0.798. The first-order chi connectivity index (χ1) is 12.9. The second-order valence-corrected chi connectivity index (χ2v) is 9.06. The molecule has 2 aromatic rings. The molecule has 8 heteroatoms. The minimum Gasteiger partial charge on any atom is -0.352 e. The fourth-order valence-corrected chi connectivity index (χ4v) is 4.98. The molecular formula is C19H22ClN3O3S. The molecule has 1 aliphatic rings. The lowest BCUT2D eigenvalue weighted by Crippen LogP contribution is -2.45. The molecule has 1 fully saturated rings. The van der Waals surface area contributed by atoms with Crippen molar-refractivity contribution in [1.29, 1.82) is 0 Å². The summed E-state index contributed by atoms with van der Waals surface area (Å²) in [6.45, 7) is 1.06. The van der Waals surface area contributed by atoms with E-state index in [-0.39, 0.29) is 24.1 Å². The second kappa shape index (κ2) is 8.82. The molecule has 3 rings (SSSR count). The summed E-state index contributed by atoms with van der Waals surface area (Å²) in [5, 5.41) is 3.40. The Morgan fingerprint density at radius 3 is 2.74 bits per heavy atom. The largest absolute Gasteiger partial charge is 0.352 e. The van der Waals surface area contributed by atoms with E-state index in [9.17, 15) is 13.2 Å². The molecule has 1 atom stereocenters. The molecule has 0 radical (unpaired) electrons. The summed E-state index contributed by atoms with van der Waals surface area (Å²) in [5.74, 6) is -0.567. The average Bonchev–Trinajstić information content (AvgIpc) is 2.67. The van der Waals surface area contributed by atoms with Gasteiger partial charge >= 0.3 is 0 Å². The number of hydrogen-bond donors (Lipinski definition) is 1. The van der Waals surface area contributed by atoms with E-state index in [0.29, 0.717) is 36.5 Å². The standard InChI is InChI=1S/C19H22ClN3O3S/c20-18-5-1-3-16(11-18)14-27(25,26)23-10-2-4-17(13-23)19(24)22-12-15-6-8-21-9-7-15/h1,3,5-9,11,17H,2,4,10,12-14H2,(H,22,24). The number of amides is 1. The van der Waals surface area contributed by atoms with Crippen LogP contribution in [0, 0.1) is 5.92 Å². The molecule has 0 bridgehead atoms. The van der Waals surface area contributed by atoms with Crippen molar-refractivity contribution < 1.29 is 13.2 Å². The smallest absolute Gasteiger partial charge is 0.224 e. The van der Waals surface area contributed by atoms with Gasteiger partial charge in [-0.25, -0.2) is 12.7 Å². The van der Waals surface area contributed by atoms with Gasteiger partial charge in [-0.3, -0.25) is 9.78 Å². The van der Waals surface area contributed by atoms with Crippen molar-refractivity contribution in [3.05, 3.63) is 64.9 Å². The van der Waals surface area contributed by atoms with Crippen LogP contribution in [0.15, 0.2) is 48.8 Å². The molecule has 1 amide bonds. The molecule has 1 aromatic carbocycles. The summed E-state index contributed by atoms with van der Waals surface area (Å²) in [7, 11) is -3.50. The van der Waals surface area contributed by atoms with Gasteiger partial charge in [-0.15, -0.1) is 0 Å². The summed E-state index contributed by atoms with van der Waals surface area (Å²) in [6, 6.07) is 10.5. The molecule has 144 valence electrons. The van der Waals surface area contributed by atoms with Gasteiger partial charge in [0.1, 0.15) is 0 Å². The molecule has 1 unspecified atom stereocenters. The Morgan fingerprint density at radius 2 is 2.00 bits per heavy atom. The zero-order chi connectivity index (χ0) is 19.3. The van der Waals surface area contributed by atoms with Gasteiger partial charge in [0.05, 0.1) is 11.7 Å². The number of hydrogen-bond acceptors (Lipinski definition) is 4. The zero-order valence-electron chi connectivity index (χ0n) is 14.8. The molecule has 6 nitrogen and oxygen atoms in total. The molecule has 0 aliphatic carbocycles. The highest BCUT2D eigenvalue weighted by Crippen LogP contribution is 2.22. The van der Waals surface area contributed by atoms with Crippen LogP contribution in [0.1, 0.15) is 24.0 Å². The van der Waals surface area contributed by atoms with Crippen molar-refractivity contribution in [1.82, 2.24) is 14.6 Å². The van der Waals surface area contributed by atoms with Crippen LogP contribution in [-0.2, 0) is 27.1 Å². The van der Waals surface area contributed by atoms with Crippen LogP contribution in [0.3, 0.4) is 0 Å². The number of pyridine rings is 1. The van der Waals surface area contributed by atoms with Gasteiger partial charge in [0.2, 0.25) is 15.9 Å². The van der Waals surface area contributed by atoms with Crippen LogP contribution in [0.4, 0.5) is 0 Å². The third-order valence-electron chi connectivity index (χ3n) is 4.60. The number of aromatic nitrogens is 1. The predicted octanol–water partition coefficient (Wildman–Crippen LogP) is 2.59. The van der Waals surface area contributed by atoms with Crippen LogP contribution in [0.5, 0.6) is 0 Å². The van der Waals surface area contributed by atoms with Gasteiger partial charge in [0.15, 0.2) is 0 Å². The second-order valence-electron chi connectivity index (χ2n) is 6.66. The summed E-state index contributed by atoms with van der Waals surface area (Å²) < 4.78 is 26.9. The fourth-order valence-electron chi connectivity index (χ4n) is 3.17. The number of carbonyl (C=O) groups is 1. The van der Waals surface area contributed by atoms with Crippen molar-refractivity contribution in [2.24, 2.45) is 5.92 Å². The highest BCUT2D eigenvalue weighted by molar-refractivity contribution is 7.88. The van der Waals surface area contributed by atoms with E-state index >= 15 is 0 Å². The number of piperidine rings is 1. The molecular weight excluding hydrogens is 386 g/mol. The summed E-state index contributed by atoms with van der Waals surface area (Å²) in [6.07, 6.45) is 4.70. The van der Waals surface area contributed by atoms with E-state index in [4.69, 9.17) is 11.6 Å².